The Hall–Kier alpha value is -3.78. The molecule has 0 saturated heterocycles. The highest BCUT2D eigenvalue weighted by molar-refractivity contribution is 5.99. The van der Waals surface area contributed by atoms with Crippen LogP contribution in [-0.2, 0) is 17.8 Å². The van der Waals surface area contributed by atoms with Gasteiger partial charge in [0.25, 0.3) is 0 Å². The molecule has 0 atom stereocenters. The standard InChI is InChI=1S/C28H35N3O5/c1-19-14-24(20(2)31(19)13-12-21-10-11-26(35-5)27(15-21)36-6)25(32)17-30(3)18-28(33)29-22-8-7-9-23(16-22)34-4/h7-11,14-16H,12-13,17-18H2,1-6H3,(H,29,33). The Morgan fingerprint density at radius 3 is 2.36 bits per heavy atom. The SMILES string of the molecule is COc1cccc(NC(=O)CN(C)CC(=O)c2cc(C)n(CCc3ccc(OC)c(OC)c3)c2C)c1. The second-order valence-electron chi connectivity index (χ2n) is 8.75. The van der Waals surface area contributed by atoms with Crippen molar-refractivity contribution in [2.45, 2.75) is 26.8 Å². The van der Waals surface area contributed by atoms with Crippen molar-refractivity contribution in [2.75, 3.05) is 46.8 Å². The van der Waals surface area contributed by atoms with Crippen LogP contribution in [0.15, 0.2) is 48.5 Å². The molecular formula is C28H35N3O5. The number of ether oxygens (including phenoxy) is 3. The van der Waals surface area contributed by atoms with Crippen LogP contribution in [0.4, 0.5) is 5.69 Å². The Morgan fingerprint density at radius 1 is 0.917 bits per heavy atom. The van der Waals surface area contributed by atoms with Gasteiger partial charge in [-0.25, -0.2) is 0 Å². The van der Waals surface area contributed by atoms with Gasteiger partial charge in [0, 0.05) is 35.2 Å². The van der Waals surface area contributed by atoms with Crippen LogP contribution in [0.2, 0.25) is 0 Å². The fourth-order valence-corrected chi connectivity index (χ4v) is 4.24. The van der Waals surface area contributed by atoms with E-state index in [9.17, 15) is 9.59 Å². The van der Waals surface area contributed by atoms with Crippen molar-refractivity contribution in [3.8, 4) is 17.2 Å². The predicted molar refractivity (Wildman–Crippen MR) is 141 cm³/mol. The van der Waals surface area contributed by atoms with E-state index in [0.29, 0.717) is 28.5 Å². The first-order valence-electron chi connectivity index (χ1n) is 11.8. The Morgan fingerprint density at radius 2 is 1.67 bits per heavy atom. The van der Waals surface area contributed by atoms with Crippen LogP contribution < -0.4 is 19.5 Å². The van der Waals surface area contributed by atoms with E-state index in [1.165, 1.54) is 0 Å². The number of rotatable bonds is 12. The molecule has 0 aliphatic rings. The predicted octanol–water partition coefficient (Wildman–Crippen LogP) is 4.13. The fraction of sp³-hybridized carbons (Fsp3) is 0.357. The molecule has 0 aliphatic heterocycles. The van der Waals surface area contributed by atoms with E-state index in [2.05, 4.69) is 9.88 Å². The molecule has 0 bridgehead atoms. The van der Waals surface area contributed by atoms with Gasteiger partial charge in [0.1, 0.15) is 5.75 Å². The Labute approximate surface area is 212 Å². The number of anilines is 1. The number of aryl methyl sites for hydroxylation is 2. The van der Waals surface area contributed by atoms with Crippen LogP contribution in [0, 0.1) is 13.8 Å². The van der Waals surface area contributed by atoms with E-state index in [1.54, 1.807) is 45.4 Å². The second-order valence-corrected chi connectivity index (χ2v) is 8.75. The van der Waals surface area contributed by atoms with Crippen molar-refractivity contribution in [1.29, 1.82) is 0 Å². The fourth-order valence-electron chi connectivity index (χ4n) is 4.24. The number of methoxy groups -OCH3 is 3. The second kappa shape index (κ2) is 12.3. The number of likely N-dealkylation sites (N-methyl/N-ethyl adjacent to an activating group) is 1. The van der Waals surface area contributed by atoms with Crippen LogP contribution in [0.1, 0.15) is 27.3 Å². The summed E-state index contributed by atoms with van der Waals surface area (Å²) >= 11 is 0. The molecule has 0 saturated carbocycles. The van der Waals surface area contributed by atoms with Gasteiger partial charge in [0.2, 0.25) is 5.91 Å². The molecule has 36 heavy (non-hydrogen) atoms. The third-order valence-electron chi connectivity index (χ3n) is 6.13. The molecule has 8 nitrogen and oxygen atoms in total. The van der Waals surface area contributed by atoms with E-state index in [0.717, 1.165) is 29.9 Å². The normalized spacial score (nSPS) is 10.9. The Kier molecular flexibility index (Phi) is 9.13. The average molecular weight is 494 g/mol. The zero-order valence-electron chi connectivity index (χ0n) is 21.9. The van der Waals surface area contributed by atoms with Gasteiger partial charge < -0.3 is 24.1 Å². The van der Waals surface area contributed by atoms with Crippen molar-refractivity contribution >= 4 is 17.4 Å². The van der Waals surface area contributed by atoms with Crippen molar-refractivity contribution in [2.24, 2.45) is 0 Å². The smallest absolute Gasteiger partial charge is 0.238 e. The molecule has 1 amide bonds. The third-order valence-corrected chi connectivity index (χ3v) is 6.13. The molecule has 0 aliphatic carbocycles. The number of benzene rings is 2. The van der Waals surface area contributed by atoms with E-state index >= 15 is 0 Å². The largest absolute Gasteiger partial charge is 0.497 e. The van der Waals surface area contributed by atoms with E-state index in [1.807, 2.05) is 50.2 Å². The van der Waals surface area contributed by atoms with E-state index in [4.69, 9.17) is 14.2 Å². The molecule has 0 unspecified atom stereocenters. The number of hydrogen-bond donors (Lipinski definition) is 1. The first-order valence-corrected chi connectivity index (χ1v) is 11.8. The summed E-state index contributed by atoms with van der Waals surface area (Å²) in [7, 11) is 6.58. The number of ketones is 1. The number of nitrogens with one attached hydrogen (secondary N) is 1. The topological polar surface area (TPSA) is 82.0 Å². The summed E-state index contributed by atoms with van der Waals surface area (Å²) < 4.78 is 18.1. The zero-order valence-corrected chi connectivity index (χ0v) is 21.9. The van der Waals surface area contributed by atoms with Crippen LogP contribution >= 0.6 is 0 Å². The van der Waals surface area contributed by atoms with Gasteiger partial charge in [-0.15, -0.1) is 0 Å². The summed E-state index contributed by atoms with van der Waals surface area (Å²) in [4.78, 5) is 27.2. The van der Waals surface area contributed by atoms with Crippen LogP contribution in [0.25, 0.3) is 0 Å². The average Bonchev–Trinajstić information content (AvgIpc) is 3.15. The lowest BCUT2D eigenvalue weighted by Gasteiger charge is -2.16. The summed E-state index contributed by atoms with van der Waals surface area (Å²) in [5.41, 5.74) is 4.40. The molecule has 1 N–H and O–H groups in total. The number of Topliss-reactive ketones (excluding diaryl/α,β-unsaturated/α-hetero) is 1. The summed E-state index contributed by atoms with van der Waals surface area (Å²) in [6.07, 6.45) is 0.786. The lowest BCUT2D eigenvalue weighted by Crippen LogP contribution is -2.34. The molecular weight excluding hydrogens is 458 g/mol. The van der Waals surface area contributed by atoms with Crippen LogP contribution in [0.3, 0.4) is 0 Å². The summed E-state index contributed by atoms with van der Waals surface area (Å²) in [5, 5.41) is 2.84. The molecule has 1 aromatic heterocycles. The quantitative estimate of drug-likeness (QED) is 0.382. The minimum Gasteiger partial charge on any atom is -0.497 e. The number of carbonyl (C=O) groups excluding carboxylic acids is 2. The van der Waals surface area contributed by atoms with Gasteiger partial charge in [-0.2, -0.15) is 0 Å². The minimum absolute atomic E-state index is 0.0165. The molecule has 3 rings (SSSR count). The highest BCUT2D eigenvalue weighted by Crippen LogP contribution is 2.28. The summed E-state index contributed by atoms with van der Waals surface area (Å²) in [5.74, 6) is 1.85. The van der Waals surface area contributed by atoms with Gasteiger partial charge in [0.15, 0.2) is 17.3 Å². The third kappa shape index (κ3) is 6.66. The lowest BCUT2D eigenvalue weighted by atomic mass is 10.1. The molecule has 0 spiro atoms. The highest BCUT2D eigenvalue weighted by atomic mass is 16.5. The molecule has 0 fully saturated rings. The van der Waals surface area contributed by atoms with Crippen LogP contribution in [-0.4, -0.2) is 62.6 Å². The van der Waals surface area contributed by atoms with E-state index in [-0.39, 0.29) is 24.8 Å². The van der Waals surface area contributed by atoms with Gasteiger partial charge in [-0.1, -0.05) is 12.1 Å². The first kappa shape index (κ1) is 26.8. The zero-order chi connectivity index (χ0) is 26.2. The first-order chi connectivity index (χ1) is 17.2. The van der Waals surface area contributed by atoms with Crippen molar-refractivity contribution in [3.63, 3.8) is 0 Å². The number of amides is 1. The lowest BCUT2D eigenvalue weighted by molar-refractivity contribution is -0.116. The number of nitrogens with zero attached hydrogens (tertiary/aromatic N) is 2. The Bertz CT molecular complexity index is 1220. The van der Waals surface area contributed by atoms with Gasteiger partial charge >= 0.3 is 0 Å². The molecule has 2 aromatic carbocycles. The van der Waals surface area contributed by atoms with Crippen molar-refractivity contribution < 1.29 is 23.8 Å². The number of aromatic nitrogens is 1. The molecule has 1 heterocycles. The van der Waals surface area contributed by atoms with Gasteiger partial charge in [0.05, 0.1) is 34.4 Å². The van der Waals surface area contributed by atoms with Crippen molar-refractivity contribution in [1.82, 2.24) is 9.47 Å². The summed E-state index contributed by atoms with van der Waals surface area (Å²) in [6.45, 7) is 4.94. The molecule has 8 heteroatoms. The maximum atomic E-state index is 13.1. The maximum Gasteiger partial charge on any atom is 0.238 e. The number of hydrogen-bond acceptors (Lipinski definition) is 6. The maximum absolute atomic E-state index is 13.1. The highest BCUT2D eigenvalue weighted by Gasteiger charge is 2.18. The molecule has 3 aromatic rings. The van der Waals surface area contributed by atoms with Gasteiger partial charge in [-0.05, 0) is 63.2 Å². The van der Waals surface area contributed by atoms with E-state index < -0.39 is 0 Å². The van der Waals surface area contributed by atoms with Crippen LogP contribution in [0.5, 0.6) is 17.2 Å². The van der Waals surface area contributed by atoms with Crippen molar-refractivity contribution in [3.05, 3.63) is 71.0 Å². The number of carbonyl (C=O) groups is 2. The van der Waals surface area contributed by atoms with Gasteiger partial charge in [-0.3, -0.25) is 14.5 Å². The minimum atomic E-state index is -0.195. The molecule has 192 valence electrons. The summed E-state index contributed by atoms with van der Waals surface area (Å²) in [6, 6.07) is 15.0. The monoisotopic (exact) mass is 493 g/mol. The Balaban J connectivity index is 1.59. The molecule has 0 radical (unpaired) electrons.